The zero-order valence-electron chi connectivity index (χ0n) is 14.8. The van der Waals surface area contributed by atoms with Crippen molar-refractivity contribution in [2.24, 2.45) is 0 Å². The Balaban J connectivity index is 1.65. The normalized spacial score (nSPS) is 12.6. The molecule has 0 spiro atoms. The van der Waals surface area contributed by atoms with Gasteiger partial charge in [0, 0.05) is 11.3 Å². The van der Waals surface area contributed by atoms with E-state index in [-0.39, 0.29) is 11.6 Å². The lowest BCUT2D eigenvalue weighted by Gasteiger charge is -2.12. The number of halogens is 3. The van der Waals surface area contributed by atoms with Crippen LogP contribution in [-0.2, 0) is 11.0 Å². The fourth-order valence-electron chi connectivity index (χ4n) is 2.41. The summed E-state index contributed by atoms with van der Waals surface area (Å²) < 4.78 is 39.2. The van der Waals surface area contributed by atoms with E-state index in [1.165, 1.54) is 16.8 Å². The van der Waals surface area contributed by atoms with Crippen LogP contribution in [0.1, 0.15) is 12.5 Å². The number of alkyl halides is 3. The van der Waals surface area contributed by atoms with Gasteiger partial charge in [-0.1, -0.05) is 42.1 Å². The van der Waals surface area contributed by atoms with E-state index >= 15 is 0 Å². The van der Waals surface area contributed by atoms with Crippen molar-refractivity contribution in [1.29, 1.82) is 0 Å². The van der Waals surface area contributed by atoms with Crippen LogP contribution in [0.25, 0.3) is 11.3 Å². The number of nitrogens with two attached hydrogens (primary N) is 1. The first-order valence-corrected chi connectivity index (χ1v) is 9.16. The number of anilines is 1. The molecule has 0 aliphatic carbocycles. The van der Waals surface area contributed by atoms with Gasteiger partial charge >= 0.3 is 6.18 Å². The Morgan fingerprint density at radius 3 is 2.39 bits per heavy atom. The van der Waals surface area contributed by atoms with Crippen LogP contribution >= 0.6 is 11.8 Å². The Labute approximate surface area is 163 Å². The van der Waals surface area contributed by atoms with E-state index in [9.17, 15) is 18.0 Å². The van der Waals surface area contributed by atoms with Crippen LogP contribution in [0.2, 0.25) is 0 Å². The summed E-state index contributed by atoms with van der Waals surface area (Å²) in [5.41, 5.74) is 1.09. The van der Waals surface area contributed by atoms with E-state index in [1.807, 2.05) is 30.3 Å². The highest BCUT2D eigenvalue weighted by Gasteiger charge is 2.30. The molecule has 2 aromatic carbocycles. The van der Waals surface area contributed by atoms with Crippen molar-refractivity contribution >= 4 is 23.4 Å². The standard InChI is InChI=1S/C19H17F3N4OS/c1-12(17(27)24-15-9-7-14(8-10-15)19(20,21)22)28-18-25-16(11-26(18)23)13-5-3-2-4-6-13/h2-12H,23H2,1H3,(H,24,27)/t12-/m1/s1. The number of imidazole rings is 1. The Bertz CT molecular complexity index is 956. The van der Waals surface area contributed by atoms with E-state index in [0.717, 1.165) is 29.5 Å². The van der Waals surface area contributed by atoms with Gasteiger partial charge < -0.3 is 11.2 Å². The monoisotopic (exact) mass is 406 g/mol. The molecule has 0 saturated carbocycles. The number of hydrogen-bond acceptors (Lipinski definition) is 4. The molecule has 146 valence electrons. The predicted octanol–water partition coefficient (Wildman–Crippen LogP) is 4.40. The minimum Gasteiger partial charge on any atom is -0.337 e. The summed E-state index contributed by atoms with van der Waals surface area (Å²) >= 11 is 1.16. The summed E-state index contributed by atoms with van der Waals surface area (Å²) in [7, 11) is 0. The van der Waals surface area contributed by atoms with Gasteiger partial charge in [0.2, 0.25) is 5.91 Å². The first kappa shape index (κ1) is 19.8. The maximum absolute atomic E-state index is 12.6. The maximum Gasteiger partial charge on any atom is 0.416 e. The molecule has 0 aliphatic rings. The van der Waals surface area contributed by atoms with E-state index < -0.39 is 17.0 Å². The minimum absolute atomic E-state index is 0.284. The van der Waals surface area contributed by atoms with Crippen LogP contribution in [0.4, 0.5) is 18.9 Å². The number of benzene rings is 2. The highest BCUT2D eigenvalue weighted by atomic mass is 32.2. The van der Waals surface area contributed by atoms with Crippen LogP contribution in [0.3, 0.4) is 0 Å². The predicted molar refractivity (Wildman–Crippen MR) is 103 cm³/mol. The Morgan fingerprint density at radius 2 is 1.79 bits per heavy atom. The number of nitrogens with zero attached hydrogens (tertiary/aromatic N) is 2. The van der Waals surface area contributed by atoms with Gasteiger partial charge in [0.25, 0.3) is 0 Å². The molecule has 0 radical (unpaired) electrons. The van der Waals surface area contributed by atoms with Crippen molar-refractivity contribution in [3.63, 3.8) is 0 Å². The molecule has 3 rings (SSSR count). The summed E-state index contributed by atoms with van der Waals surface area (Å²) in [6, 6.07) is 13.8. The lowest BCUT2D eigenvalue weighted by atomic mass is 10.2. The van der Waals surface area contributed by atoms with Crippen molar-refractivity contribution in [3.8, 4) is 11.3 Å². The topological polar surface area (TPSA) is 72.9 Å². The molecule has 1 atom stereocenters. The van der Waals surface area contributed by atoms with Gasteiger partial charge in [0.05, 0.1) is 22.7 Å². The summed E-state index contributed by atoms with van der Waals surface area (Å²) in [5, 5.41) is 2.49. The third kappa shape index (κ3) is 4.66. The third-order valence-electron chi connectivity index (χ3n) is 3.90. The molecule has 0 aliphatic heterocycles. The molecule has 1 amide bonds. The van der Waals surface area contributed by atoms with Crippen molar-refractivity contribution < 1.29 is 18.0 Å². The molecule has 0 bridgehead atoms. The lowest BCUT2D eigenvalue weighted by Crippen LogP contribution is -2.23. The number of aromatic nitrogens is 2. The van der Waals surface area contributed by atoms with Crippen LogP contribution in [-0.4, -0.2) is 20.8 Å². The largest absolute Gasteiger partial charge is 0.416 e. The Morgan fingerprint density at radius 1 is 1.14 bits per heavy atom. The van der Waals surface area contributed by atoms with Crippen LogP contribution in [0.5, 0.6) is 0 Å². The van der Waals surface area contributed by atoms with E-state index in [4.69, 9.17) is 5.84 Å². The van der Waals surface area contributed by atoms with Crippen molar-refractivity contribution in [2.45, 2.75) is 23.5 Å². The van der Waals surface area contributed by atoms with E-state index in [0.29, 0.717) is 10.9 Å². The quantitative estimate of drug-likeness (QED) is 0.487. The number of nitrogens with one attached hydrogen (secondary N) is 1. The number of carbonyl (C=O) groups is 1. The maximum atomic E-state index is 12.6. The molecule has 5 nitrogen and oxygen atoms in total. The van der Waals surface area contributed by atoms with E-state index in [1.54, 1.807) is 13.1 Å². The van der Waals surface area contributed by atoms with Crippen LogP contribution in [0, 0.1) is 0 Å². The second-order valence-electron chi connectivity index (χ2n) is 6.01. The molecule has 3 N–H and O–H groups in total. The van der Waals surface area contributed by atoms with Crippen LogP contribution < -0.4 is 11.2 Å². The van der Waals surface area contributed by atoms with Gasteiger partial charge in [-0.25, -0.2) is 9.66 Å². The number of nitrogen functional groups attached to an aromatic ring is 1. The van der Waals surface area contributed by atoms with Gasteiger partial charge in [0.1, 0.15) is 0 Å². The van der Waals surface area contributed by atoms with Gasteiger partial charge in [-0.2, -0.15) is 13.2 Å². The van der Waals surface area contributed by atoms with Gasteiger partial charge in [0.15, 0.2) is 5.16 Å². The number of amides is 1. The van der Waals surface area contributed by atoms with Crippen molar-refractivity contribution in [2.75, 3.05) is 11.2 Å². The van der Waals surface area contributed by atoms with Gasteiger partial charge in [-0.15, -0.1) is 0 Å². The van der Waals surface area contributed by atoms with Gasteiger partial charge in [-0.3, -0.25) is 4.79 Å². The molecular formula is C19H17F3N4OS. The molecule has 0 saturated heterocycles. The van der Waals surface area contributed by atoms with E-state index in [2.05, 4.69) is 10.3 Å². The summed E-state index contributed by atoms with van der Waals surface area (Å²) in [4.78, 5) is 16.8. The zero-order valence-corrected chi connectivity index (χ0v) is 15.6. The molecule has 0 fully saturated rings. The second kappa shape index (κ2) is 7.97. The first-order valence-electron chi connectivity index (χ1n) is 8.28. The second-order valence-corrected chi connectivity index (χ2v) is 7.31. The van der Waals surface area contributed by atoms with Crippen LogP contribution in [0.15, 0.2) is 66.0 Å². The van der Waals surface area contributed by atoms with Crippen molar-refractivity contribution in [1.82, 2.24) is 9.66 Å². The number of hydrogen-bond donors (Lipinski definition) is 2. The fourth-order valence-corrected chi connectivity index (χ4v) is 3.22. The molecule has 0 unspecified atom stereocenters. The van der Waals surface area contributed by atoms with Gasteiger partial charge in [-0.05, 0) is 31.2 Å². The molecule has 9 heteroatoms. The minimum atomic E-state index is -4.42. The SMILES string of the molecule is C[C@@H](Sc1nc(-c2ccccc2)cn1N)C(=O)Nc1ccc(C(F)(F)F)cc1. The fraction of sp³-hybridized carbons (Fsp3) is 0.158. The molecule has 1 heterocycles. The highest BCUT2D eigenvalue weighted by molar-refractivity contribution is 8.00. The Kier molecular flexibility index (Phi) is 5.64. The average molecular weight is 406 g/mol. The lowest BCUT2D eigenvalue weighted by molar-refractivity contribution is -0.137. The molecular weight excluding hydrogens is 389 g/mol. The first-order chi connectivity index (χ1) is 13.2. The third-order valence-corrected chi connectivity index (χ3v) is 4.98. The summed E-state index contributed by atoms with van der Waals surface area (Å²) in [6.45, 7) is 1.67. The number of carbonyl (C=O) groups excluding carboxylic acids is 1. The molecule has 1 aromatic heterocycles. The van der Waals surface area contributed by atoms with Crippen molar-refractivity contribution in [3.05, 3.63) is 66.4 Å². The zero-order chi connectivity index (χ0) is 20.3. The molecule has 28 heavy (non-hydrogen) atoms. The Hall–Kier alpha value is -2.94. The summed E-state index contributed by atoms with van der Waals surface area (Å²) in [6.07, 6.45) is -2.75. The number of thioether (sulfide) groups is 1. The smallest absolute Gasteiger partial charge is 0.337 e. The highest BCUT2D eigenvalue weighted by Crippen LogP contribution is 2.30. The molecule has 3 aromatic rings. The number of rotatable bonds is 5. The average Bonchev–Trinajstić information content (AvgIpc) is 3.02. The summed E-state index contributed by atoms with van der Waals surface area (Å²) in [5.74, 6) is 5.57.